The van der Waals surface area contributed by atoms with Gasteiger partial charge in [0.05, 0.1) is 6.10 Å². The SMILES string of the molecule is CCc1ccc(C2CC(O)C2C)s1. The predicted octanol–water partition coefficient (Wildman–Crippen LogP) is 2.79. The number of rotatable bonds is 2. The number of hydrogen-bond acceptors (Lipinski definition) is 2. The second kappa shape index (κ2) is 3.43. The number of aliphatic hydroxyl groups is 1. The second-order valence-electron chi connectivity index (χ2n) is 3.93. The average Bonchev–Trinajstić information content (AvgIpc) is 2.61. The van der Waals surface area contributed by atoms with Crippen molar-refractivity contribution in [3.8, 4) is 0 Å². The molecule has 1 nitrogen and oxygen atoms in total. The molecular weight excluding hydrogens is 180 g/mol. The van der Waals surface area contributed by atoms with Crippen molar-refractivity contribution in [2.45, 2.75) is 38.7 Å². The Bertz CT molecular complexity index is 292. The van der Waals surface area contributed by atoms with Gasteiger partial charge >= 0.3 is 0 Å². The molecule has 1 aliphatic rings. The molecule has 1 aromatic rings. The molecule has 1 heterocycles. The highest BCUT2D eigenvalue weighted by atomic mass is 32.1. The van der Waals surface area contributed by atoms with Crippen LogP contribution in [-0.4, -0.2) is 11.2 Å². The first kappa shape index (κ1) is 9.22. The molecule has 3 unspecified atom stereocenters. The summed E-state index contributed by atoms with van der Waals surface area (Å²) in [7, 11) is 0. The van der Waals surface area contributed by atoms with Crippen LogP contribution in [0.25, 0.3) is 0 Å². The van der Waals surface area contributed by atoms with Crippen LogP contribution in [0.5, 0.6) is 0 Å². The summed E-state index contributed by atoms with van der Waals surface area (Å²) in [5.41, 5.74) is 0. The van der Waals surface area contributed by atoms with Crippen LogP contribution < -0.4 is 0 Å². The fraction of sp³-hybridized carbons (Fsp3) is 0.636. The van der Waals surface area contributed by atoms with Crippen LogP contribution in [-0.2, 0) is 6.42 Å². The lowest BCUT2D eigenvalue weighted by molar-refractivity contribution is 0.0129. The number of thiophene rings is 1. The van der Waals surface area contributed by atoms with E-state index in [1.54, 1.807) is 0 Å². The molecule has 0 spiro atoms. The van der Waals surface area contributed by atoms with E-state index in [0.29, 0.717) is 11.8 Å². The topological polar surface area (TPSA) is 20.2 Å². The number of aliphatic hydroxyl groups excluding tert-OH is 1. The molecule has 1 aromatic heterocycles. The van der Waals surface area contributed by atoms with Gasteiger partial charge in [-0.3, -0.25) is 0 Å². The first-order chi connectivity index (χ1) is 6.22. The van der Waals surface area contributed by atoms with Crippen molar-refractivity contribution < 1.29 is 5.11 Å². The smallest absolute Gasteiger partial charge is 0.0578 e. The standard InChI is InChI=1S/C11H16OS/c1-3-8-4-5-11(13-8)9-6-10(12)7(9)2/h4-5,7,9-10,12H,3,6H2,1-2H3. The number of hydrogen-bond donors (Lipinski definition) is 1. The Morgan fingerprint density at radius 3 is 2.77 bits per heavy atom. The Hall–Kier alpha value is -0.340. The minimum absolute atomic E-state index is 0.0582. The fourth-order valence-electron chi connectivity index (χ4n) is 1.92. The molecule has 1 N–H and O–H groups in total. The maximum Gasteiger partial charge on any atom is 0.0578 e. The highest BCUT2D eigenvalue weighted by molar-refractivity contribution is 7.12. The van der Waals surface area contributed by atoms with Crippen molar-refractivity contribution in [3.05, 3.63) is 21.9 Å². The molecule has 1 saturated carbocycles. The molecule has 72 valence electrons. The summed E-state index contributed by atoms with van der Waals surface area (Å²) >= 11 is 1.91. The Morgan fingerprint density at radius 1 is 1.54 bits per heavy atom. The van der Waals surface area contributed by atoms with Crippen LogP contribution in [0, 0.1) is 5.92 Å². The fourth-order valence-corrected chi connectivity index (χ4v) is 3.10. The van der Waals surface area contributed by atoms with Crippen LogP contribution in [0.1, 0.15) is 35.9 Å². The zero-order valence-electron chi connectivity index (χ0n) is 8.16. The summed E-state index contributed by atoms with van der Waals surface area (Å²) in [6.45, 7) is 4.33. The highest BCUT2D eigenvalue weighted by Gasteiger charge is 2.37. The Kier molecular flexibility index (Phi) is 2.43. The van der Waals surface area contributed by atoms with Crippen molar-refractivity contribution in [2.75, 3.05) is 0 Å². The van der Waals surface area contributed by atoms with Crippen molar-refractivity contribution in [1.29, 1.82) is 0 Å². The van der Waals surface area contributed by atoms with E-state index in [2.05, 4.69) is 26.0 Å². The summed E-state index contributed by atoms with van der Waals surface area (Å²) in [6.07, 6.45) is 2.04. The summed E-state index contributed by atoms with van der Waals surface area (Å²) in [5.74, 6) is 1.09. The van der Waals surface area contributed by atoms with Crippen molar-refractivity contribution >= 4 is 11.3 Å². The van der Waals surface area contributed by atoms with Gasteiger partial charge in [-0.1, -0.05) is 13.8 Å². The summed E-state index contributed by atoms with van der Waals surface area (Å²) < 4.78 is 0. The Morgan fingerprint density at radius 2 is 2.31 bits per heavy atom. The third-order valence-corrected chi connectivity index (χ3v) is 4.49. The number of aryl methyl sites for hydroxylation is 1. The second-order valence-corrected chi connectivity index (χ2v) is 5.13. The van der Waals surface area contributed by atoms with Gasteiger partial charge < -0.3 is 5.11 Å². The highest BCUT2D eigenvalue weighted by Crippen LogP contribution is 2.44. The molecular formula is C11H16OS. The van der Waals surface area contributed by atoms with Crippen LogP contribution in [0.15, 0.2) is 12.1 Å². The predicted molar refractivity (Wildman–Crippen MR) is 56.2 cm³/mol. The molecule has 13 heavy (non-hydrogen) atoms. The Balaban J connectivity index is 2.09. The van der Waals surface area contributed by atoms with Gasteiger partial charge in [0, 0.05) is 15.7 Å². The lowest BCUT2D eigenvalue weighted by Gasteiger charge is -2.38. The third-order valence-electron chi connectivity index (χ3n) is 3.13. The molecule has 1 fully saturated rings. The van der Waals surface area contributed by atoms with Crippen LogP contribution >= 0.6 is 11.3 Å². The molecule has 3 atom stereocenters. The maximum atomic E-state index is 9.42. The molecule has 0 aliphatic heterocycles. The van der Waals surface area contributed by atoms with E-state index in [0.717, 1.165) is 12.8 Å². The summed E-state index contributed by atoms with van der Waals surface area (Å²) in [4.78, 5) is 2.93. The van der Waals surface area contributed by atoms with E-state index in [1.165, 1.54) is 9.75 Å². The van der Waals surface area contributed by atoms with Gasteiger partial charge in [0.2, 0.25) is 0 Å². The third kappa shape index (κ3) is 1.53. The van der Waals surface area contributed by atoms with Crippen LogP contribution in [0.2, 0.25) is 0 Å². The molecule has 0 amide bonds. The monoisotopic (exact) mass is 196 g/mol. The molecule has 2 rings (SSSR count). The van der Waals surface area contributed by atoms with Gasteiger partial charge in [-0.05, 0) is 30.9 Å². The average molecular weight is 196 g/mol. The Labute approximate surface area is 83.4 Å². The van der Waals surface area contributed by atoms with E-state index < -0.39 is 0 Å². The molecule has 0 bridgehead atoms. The van der Waals surface area contributed by atoms with Crippen LogP contribution in [0.3, 0.4) is 0 Å². The first-order valence-electron chi connectivity index (χ1n) is 4.99. The molecule has 0 saturated heterocycles. The van der Waals surface area contributed by atoms with Gasteiger partial charge in [-0.2, -0.15) is 0 Å². The van der Waals surface area contributed by atoms with E-state index in [9.17, 15) is 5.11 Å². The quantitative estimate of drug-likeness (QED) is 0.771. The zero-order valence-corrected chi connectivity index (χ0v) is 8.97. The first-order valence-corrected chi connectivity index (χ1v) is 5.80. The van der Waals surface area contributed by atoms with Gasteiger partial charge in [-0.25, -0.2) is 0 Å². The summed E-state index contributed by atoms with van der Waals surface area (Å²) in [6, 6.07) is 4.45. The van der Waals surface area contributed by atoms with E-state index in [4.69, 9.17) is 0 Å². The van der Waals surface area contributed by atoms with E-state index >= 15 is 0 Å². The largest absolute Gasteiger partial charge is 0.393 e. The lowest BCUT2D eigenvalue weighted by Crippen LogP contribution is -2.36. The lowest BCUT2D eigenvalue weighted by atomic mass is 9.71. The van der Waals surface area contributed by atoms with E-state index in [-0.39, 0.29) is 6.10 Å². The van der Waals surface area contributed by atoms with E-state index in [1.807, 2.05) is 11.3 Å². The van der Waals surface area contributed by atoms with Gasteiger partial charge in [-0.15, -0.1) is 11.3 Å². The normalized spacial score (nSPS) is 33.0. The molecule has 0 aromatic carbocycles. The van der Waals surface area contributed by atoms with Gasteiger partial charge in [0.1, 0.15) is 0 Å². The minimum atomic E-state index is -0.0582. The zero-order chi connectivity index (χ0) is 9.42. The van der Waals surface area contributed by atoms with Crippen molar-refractivity contribution in [1.82, 2.24) is 0 Å². The molecule has 2 heteroatoms. The maximum absolute atomic E-state index is 9.42. The van der Waals surface area contributed by atoms with Crippen molar-refractivity contribution in [3.63, 3.8) is 0 Å². The van der Waals surface area contributed by atoms with Crippen molar-refractivity contribution in [2.24, 2.45) is 5.92 Å². The minimum Gasteiger partial charge on any atom is -0.393 e. The molecule has 1 aliphatic carbocycles. The van der Waals surface area contributed by atoms with Crippen LogP contribution in [0.4, 0.5) is 0 Å². The molecule has 0 radical (unpaired) electrons. The van der Waals surface area contributed by atoms with Gasteiger partial charge in [0.25, 0.3) is 0 Å². The summed E-state index contributed by atoms with van der Waals surface area (Å²) in [5, 5.41) is 9.42. The van der Waals surface area contributed by atoms with Gasteiger partial charge in [0.15, 0.2) is 0 Å².